The predicted molar refractivity (Wildman–Crippen MR) is 112 cm³/mol. The van der Waals surface area contributed by atoms with E-state index in [-0.39, 0.29) is 34.9 Å². The second-order valence-electron chi connectivity index (χ2n) is 7.44. The van der Waals surface area contributed by atoms with Gasteiger partial charge in [0.15, 0.2) is 6.29 Å². The fourth-order valence-corrected chi connectivity index (χ4v) is 3.68. The summed E-state index contributed by atoms with van der Waals surface area (Å²) < 4.78 is 92.4. The van der Waals surface area contributed by atoms with Gasteiger partial charge in [-0.1, -0.05) is 48.5 Å². The van der Waals surface area contributed by atoms with E-state index in [1.54, 1.807) is 0 Å². The molecule has 0 saturated carbocycles. The van der Waals surface area contributed by atoms with Gasteiger partial charge in [0.2, 0.25) is 0 Å². The summed E-state index contributed by atoms with van der Waals surface area (Å²) in [6, 6.07) is 5.26. The number of aliphatic hydroxyl groups is 1. The lowest BCUT2D eigenvalue weighted by molar-refractivity contribution is -0.139. The van der Waals surface area contributed by atoms with Crippen LogP contribution in [0, 0.1) is 6.92 Å². The largest absolute Gasteiger partial charge is 0.508 e. The van der Waals surface area contributed by atoms with Gasteiger partial charge < -0.3 is 14.6 Å². The smallest absolute Gasteiger partial charge is 0.417 e. The minimum absolute atomic E-state index is 0.130. The number of halogens is 7. The Morgan fingerprint density at radius 2 is 1.76 bits per heavy atom. The van der Waals surface area contributed by atoms with Crippen LogP contribution in [-0.4, -0.2) is 24.5 Å². The third-order valence-electron chi connectivity index (χ3n) is 5.03. The van der Waals surface area contributed by atoms with Crippen LogP contribution in [0.25, 0.3) is 11.8 Å². The lowest BCUT2D eigenvalue weighted by Crippen LogP contribution is -2.19. The van der Waals surface area contributed by atoms with E-state index in [0.29, 0.717) is 11.6 Å². The Bertz CT molecular complexity index is 1070. The quantitative estimate of drug-likeness (QED) is 0.345. The number of rotatable bonds is 5. The molecule has 1 aliphatic rings. The van der Waals surface area contributed by atoms with E-state index >= 15 is 0 Å². The molecule has 2 aromatic carbocycles. The fraction of sp³-hybridized carbons (Fsp3) is 0.304. The zero-order valence-electron chi connectivity index (χ0n) is 17.2. The maximum atomic E-state index is 13.9. The SMILES string of the molecule is C=C(O)c1ccc(/C=C/C(c2cc(C)c(Cl)c(C3OCCO3)c2)C(F)(F)F)cc1C(F)(F)F. The van der Waals surface area contributed by atoms with E-state index < -0.39 is 41.4 Å². The minimum atomic E-state index is -4.84. The topological polar surface area (TPSA) is 38.7 Å². The van der Waals surface area contributed by atoms with Gasteiger partial charge in [-0.05, 0) is 35.7 Å². The summed E-state index contributed by atoms with van der Waals surface area (Å²) in [4.78, 5) is 0. The van der Waals surface area contributed by atoms with Crippen molar-refractivity contribution in [3.63, 3.8) is 0 Å². The molecule has 1 N–H and O–H groups in total. The van der Waals surface area contributed by atoms with Crippen LogP contribution in [-0.2, 0) is 15.7 Å². The van der Waals surface area contributed by atoms with Crippen molar-refractivity contribution in [1.29, 1.82) is 0 Å². The molecule has 0 radical (unpaired) electrons. The molecule has 3 nitrogen and oxygen atoms in total. The molecule has 1 heterocycles. The van der Waals surface area contributed by atoms with Crippen molar-refractivity contribution < 1.29 is 40.9 Å². The van der Waals surface area contributed by atoms with Crippen LogP contribution in [0.3, 0.4) is 0 Å². The normalized spacial score (nSPS) is 16.5. The van der Waals surface area contributed by atoms with Gasteiger partial charge in [-0.3, -0.25) is 0 Å². The molecule has 1 fully saturated rings. The molecule has 33 heavy (non-hydrogen) atoms. The van der Waals surface area contributed by atoms with Crippen LogP contribution in [0.4, 0.5) is 26.3 Å². The first-order valence-electron chi connectivity index (χ1n) is 9.66. The van der Waals surface area contributed by atoms with Crippen molar-refractivity contribution in [1.82, 2.24) is 0 Å². The Labute approximate surface area is 190 Å². The Morgan fingerprint density at radius 1 is 1.12 bits per heavy atom. The van der Waals surface area contributed by atoms with E-state index in [4.69, 9.17) is 21.1 Å². The second-order valence-corrected chi connectivity index (χ2v) is 7.82. The highest BCUT2D eigenvalue weighted by Crippen LogP contribution is 2.41. The number of allylic oxidation sites excluding steroid dienone is 1. The third kappa shape index (κ3) is 5.72. The maximum absolute atomic E-state index is 13.9. The van der Waals surface area contributed by atoms with Gasteiger partial charge in [-0.25, -0.2) is 0 Å². The highest BCUT2D eigenvalue weighted by molar-refractivity contribution is 6.32. The number of alkyl halides is 6. The molecule has 1 saturated heterocycles. The van der Waals surface area contributed by atoms with Crippen molar-refractivity contribution in [3.8, 4) is 0 Å². The van der Waals surface area contributed by atoms with E-state index in [9.17, 15) is 31.4 Å². The number of benzene rings is 2. The summed E-state index contributed by atoms with van der Waals surface area (Å²) in [5.74, 6) is -2.93. The number of ether oxygens (including phenoxy) is 2. The Kier molecular flexibility index (Phi) is 7.16. The molecule has 0 aromatic heterocycles. The monoisotopic (exact) mass is 492 g/mol. The zero-order valence-corrected chi connectivity index (χ0v) is 18.0. The lowest BCUT2D eigenvalue weighted by Gasteiger charge is -2.21. The summed E-state index contributed by atoms with van der Waals surface area (Å²) in [5, 5.41) is 9.62. The molecule has 2 aromatic rings. The Balaban J connectivity index is 2.03. The summed E-state index contributed by atoms with van der Waals surface area (Å²) in [6.45, 7) is 5.17. The molecule has 3 rings (SSSR count). The summed E-state index contributed by atoms with van der Waals surface area (Å²) in [7, 11) is 0. The van der Waals surface area contributed by atoms with Gasteiger partial charge in [0.05, 0.1) is 29.7 Å². The number of hydrogen-bond acceptors (Lipinski definition) is 3. The number of hydrogen-bond donors (Lipinski definition) is 1. The molecule has 0 amide bonds. The van der Waals surface area contributed by atoms with Crippen molar-refractivity contribution in [3.05, 3.63) is 81.4 Å². The van der Waals surface area contributed by atoms with Crippen molar-refractivity contribution in [2.24, 2.45) is 0 Å². The van der Waals surface area contributed by atoms with Crippen molar-refractivity contribution in [2.75, 3.05) is 13.2 Å². The van der Waals surface area contributed by atoms with E-state index in [1.807, 2.05) is 0 Å². The van der Waals surface area contributed by atoms with Crippen LogP contribution in [0.15, 0.2) is 43.0 Å². The maximum Gasteiger partial charge on any atom is 0.417 e. The molecule has 1 unspecified atom stereocenters. The Hall–Kier alpha value is -2.49. The zero-order chi connectivity index (χ0) is 24.6. The van der Waals surface area contributed by atoms with Crippen LogP contribution in [0.5, 0.6) is 0 Å². The molecule has 0 bridgehead atoms. The van der Waals surface area contributed by atoms with Gasteiger partial charge in [0.25, 0.3) is 0 Å². The van der Waals surface area contributed by atoms with E-state index in [2.05, 4.69) is 6.58 Å². The summed E-state index contributed by atoms with van der Waals surface area (Å²) in [6.07, 6.45) is -8.76. The van der Waals surface area contributed by atoms with Crippen LogP contribution < -0.4 is 0 Å². The van der Waals surface area contributed by atoms with Gasteiger partial charge in [0.1, 0.15) is 5.76 Å². The van der Waals surface area contributed by atoms with E-state index in [0.717, 1.165) is 24.3 Å². The average molecular weight is 493 g/mol. The molecular formula is C23H19ClF6O3. The van der Waals surface area contributed by atoms with Crippen LogP contribution in [0.1, 0.15) is 45.6 Å². The first kappa shape index (κ1) is 25.1. The second kappa shape index (κ2) is 9.40. The van der Waals surface area contributed by atoms with Crippen molar-refractivity contribution in [2.45, 2.75) is 31.5 Å². The first-order chi connectivity index (χ1) is 15.3. The highest BCUT2D eigenvalue weighted by atomic mass is 35.5. The summed E-state index contributed by atoms with van der Waals surface area (Å²) >= 11 is 6.24. The molecule has 0 spiro atoms. The number of aliphatic hydroxyl groups excluding tert-OH is 1. The van der Waals surface area contributed by atoms with Gasteiger partial charge in [-0.15, -0.1) is 0 Å². The average Bonchev–Trinajstić information content (AvgIpc) is 3.23. The Morgan fingerprint density at radius 3 is 2.30 bits per heavy atom. The lowest BCUT2D eigenvalue weighted by atomic mass is 9.93. The fourth-order valence-electron chi connectivity index (χ4n) is 3.48. The molecular weight excluding hydrogens is 474 g/mol. The third-order valence-corrected chi connectivity index (χ3v) is 5.55. The van der Waals surface area contributed by atoms with Gasteiger partial charge >= 0.3 is 12.4 Å². The van der Waals surface area contributed by atoms with E-state index in [1.165, 1.54) is 19.1 Å². The molecule has 10 heteroatoms. The summed E-state index contributed by atoms with van der Waals surface area (Å²) in [5.41, 5.74) is -1.43. The highest BCUT2D eigenvalue weighted by Gasteiger charge is 2.40. The standard InChI is InChI=1S/C23H19ClF6O3/c1-12-9-15(11-17(20(12)24)21-32-7-8-33-21)18(22(25,26)27)6-4-14-3-5-16(13(2)31)19(10-14)23(28,29)30/h3-6,9-11,18,21,31H,2,7-8H2,1H3/b6-4+. The van der Waals surface area contributed by atoms with Gasteiger partial charge in [-0.2, -0.15) is 26.3 Å². The van der Waals surface area contributed by atoms with Crippen LogP contribution in [0.2, 0.25) is 5.02 Å². The number of aryl methyl sites for hydroxylation is 1. The molecule has 1 aliphatic heterocycles. The van der Waals surface area contributed by atoms with Crippen LogP contribution >= 0.6 is 11.6 Å². The minimum Gasteiger partial charge on any atom is -0.508 e. The molecule has 178 valence electrons. The molecule has 0 aliphatic carbocycles. The van der Waals surface area contributed by atoms with Gasteiger partial charge in [0, 0.05) is 11.1 Å². The van der Waals surface area contributed by atoms with Crippen molar-refractivity contribution >= 4 is 23.4 Å². The predicted octanol–water partition coefficient (Wildman–Crippen LogP) is 7.60. The first-order valence-corrected chi connectivity index (χ1v) is 10.0. The molecule has 1 atom stereocenters.